The molecule has 3 aromatic rings. The molecule has 12 heteroatoms. The molecule has 3 rings (SSSR count). The van der Waals surface area contributed by atoms with Crippen LogP contribution in [0.1, 0.15) is 5.56 Å². The van der Waals surface area contributed by atoms with Crippen LogP contribution in [0, 0.1) is 0 Å². The molecule has 0 aliphatic rings. The number of halogens is 4. The summed E-state index contributed by atoms with van der Waals surface area (Å²) in [6.07, 6.45) is -4.70. The first-order chi connectivity index (χ1) is 14.6. The second-order valence-corrected chi connectivity index (χ2v) is 6.51. The van der Waals surface area contributed by atoms with Gasteiger partial charge in [0.25, 0.3) is 5.91 Å². The number of benzene rings is 2. The van der Waals surface area contributed by atoms with Gasteiger partial charge in [-0.3, -0.25) is 9.59 Å². The standard InChI is InChI=1S/C19H13ClF3N3O5/c20-14-7-6-12(8-13(14)19(21,22)23)24-15(27)10-30-16(28)9-26-18(29)31-17(25-26)11-4-2-1-3-5-11/h1-8H,9-10H2,(H,24,27). The van der Waals surface area contributed by atoms with E-state index in [1.807, 2.05) is 0 Å². The molecule has 8 nitrogen and oxygen atoms in total. The van der Waals surface area contributed by atoms with Gasteiger partial charge in [-0.1, -0.05) is 29.8 Å². The summed E-state index contributed by atoms with van der Waals surface area (Å²) >= 11 is 5.51. The van der Waals surface area contributed by atoms with Crippen molar-refractivity contribution >= 4 is 29.2 Å². The Labute approximate surface area is 177 Å². The number of nitrogens with zero attached hydrogens (tertiary/aromatic N) is 2. The van der Waals surface area contributed by atoms with Crippen molar-refractivity contribution in [3.05, 3.63) is 69.7 Å². The van der Waals surface area contributed by atoms with Crippen LogP contribution < -0.4 is 11.1 Å². The number of ether oxygens (including phenoxy) is 1. The van der Waals surface area contributed by atoms with Crippen molar-refractivity contribution in [3.63, 3.8) is 0 Å². The third kappa shape index (κ3) is 5.72. The SMILES string of the molecule is O=C(COC(=O)Cn1nc(-c2ccccc2)oc1=O)Nc1ccc(Cl)c(C(F)(F)F)c1. The predicted octanol–water partition coefficient (Wildman–Crippen LogP) is 3.36. The Kier molecular flexibility index (Phi) is 6.44. The molecule has 0 spiro atoms. The van der Waals surface area contributed by atoms with Crippen LogP contribution in [0.4, 0.5) is 18.9 Å². The van der Waals surface area contributed by atoms with Gasteiger partial charge in [0, 0.05) is 11.3 Å². The predicted molar refractivity (Wildman–Crippen MR) is 102 cm³/mol. The third-order valence-corrected chi connectivity index (χ3v) is 4.16. The number of anilines is 1. The van der Waals surface area contributed by atoms with E-state index < -0.39 is 47.5 Å². The van der Waals surface area contributed by atoms with Crippen LogP contribution in [-0.2, 0) is 27.0 Å². The number of aromatic nitrogens is 2. The monoisotopic (exact) mass is 455 g/mol. The molecule has 0 aliphatic heterocycles. The van der Waals surface area contributed by atoms with Crippen LogP contribution >= 0.6 is 11.6 Å². The molecule has 0 atom stereocenters. The molecular weight excluding hydrogens is 443 g/mol. The molecule has 0 saturated heterocycles. The first-order valence-corrected chi connectivity index (χ1v) is 8.97. The molecule has 1 aromatic heterocycles. The van der Waals surface area contributed by atoms with E-state index in [0.717, 1.165) is 16.8 Å². The number of carbonyl (C=O) groups excluding carboxylic acids is 2. The van der Waals surface area contributed by atoms with Crippen LogP contribution in [-0.4, -0.2) is 28.3 Å². The maximum absolute atomic E-state index is 12.9. The smallest absolute Gasteiger partial charge is 0.437 e. The van der Waals surface area contributed by atoms with Crippen LogP contribution in [0.3, 0.4) is 0 Å². The highest BCUT2D eigenvalue weighted by molar-refractivity contribution is 6.31. The zero-order valence-corrected chi connectivity index (χ0v) is 16.2. The van der Waals surface area contributed by atoms with Gasteiger partial charge in [0.15, 0.2) is 6.61 Å². The summed E-state index contributed by atoms with van der Waals surface area (Å²) in [5, 5.41) is 5.51. The zero-order valence-electron chi connectivity index (χ0n) is 15.5. The second kappa shape index (κ2) is 9.04. The van der Waals surface area contributed by atoms with E-state index in [1.54, 1.807) is 30.3 Å². The highest BCUT2D eigenvalue weighted by atomic mass is 35.5. The minimum Gasteiger partial charge on any atom is -0.454 e. The molecule has 0 aliphatic carbocycles. The lowest BCUT2D eigenvalue weighted by Crippen LogP contribution is -2.26. The van der Waals surface area contributed by atoms with Crippen molar-refractivity contribution in [2.75, 3.05) is 11.9 Å². The van der Waals surface area contributed by atoms with E-state index in [0.29, 0.717) is 11.6 Å². The van der Waals surface area contributed by atoms with Crippen LogP contribution in [0.2, 0.25) is 5.02 Å². The number of alkyl halides is 3. The minimum atomic E-state index is -4.70. The molecule has 0 saturated carbocycles. The van der Waals surface area contributed by atoms with Gasteiger partial charge in [-0.05, 0) is 30.3 Å². The lowest BCUT2D eigenvalue weighted by molar-refractivity contribution is -0.148. The Balaban J connectivity index is 1.56. The first kappa shape index (κ1) is 22.1. The number of rotatable bonds is 6. The van der Waals surface area contributed by atoms with E-state index in [9.17, 15) is 27.6 Å². The topological polar surface area (TPSA) is 103 Å². The van der Waals surface area contributed by atoms with Gasteiger partial charge in [0.2, 0.25) is 5.89 Å². The van der Waals surface area contributed by atoms with Crippen molar-refractivity contribution in [1.29, 1.82) is 0 Å². The molecule has 0 bridgehead atoms. The van der Waals surface area contributed by atoms with Crippen molar-refractivity contribution in [1.82, 2.24) is 9.78 Å². The fourth-order valence-corrected chi connectivity index (χ4v) is 2.66. The Hall–Kier alpha value is -3.60. The van der Waals surface area contributed by atoms with Crippen molar-refractivity contribution in [2.45, 2.75) is 12.7 Å². The van der Waals surface area contributed by atoms with E-state index >= 15 is 0 Å². The molecule has 1 N–H and O–H groups in total. The molecule has 0 radical (unpaired) electrons. The summed E-state index contributed by atoms with van der Waals surface area (Å²) in [4.78, 5) is 35.6. The highest BCUT2D eigenvalue weighted by Gasteiger charge is 2.33. The summed E-state index contributed by atoms with van der Waals surface area (Å²) in [7, 11) is 0. The average molecular weight is 456 g/mol. The van der Waals surface area contributed by atoms with Gasteiger partial charge in [-0.15, -0.1) is 5.10 Å². The fourth-order valence-electron chi connectivity index (χ4n) is 2.43. The van der Waals surface area contributed by atoms with Crippen LogP contribution in [0.25, 0.3) is 11.5 Å². The van der Waals surface area contributed by atoms with Crippen molar-refractivity contribution in [3.8, 4) is 11.5 Å². The summed E-state index contributed by atoms with van der Waals surface area (Å²) in [6.45, 7) is -1.41. The Bertz CT molecular complexity index is 1160. The average Bonchev–Trinajstić information content (AvgIpc) is 3.08. The minimum absolute atomic E-state index is 0.000602. The Morgan fingerprint density at radius 3 is 2.55 bits per heavy atom. The second-order valence-electron chi connectivity index (χ2n) is 6.10. The maximum atomic E-state index is 12.9. The lowest BCUT2D eigenvalue weighted by atomic mass is 10.2. The maximum Gasteiger partial charge on any atom is 0.437 e. The molecule has 1 heterocycles. The van der Waals surface area contributed by atoms with Gasteiger partial charge in [-0.25, -0.2) is 4.79 Å². The van der Waals surface area contributed by atoms with Gasteiger partial charge < -0.3 is 14.5 Å². The number of hydrogen-bond donors (Lipinski definition) is 1. The number of hydrogen-bond acceptors (Lipinski definition) is 6. The molecule has 31 heavy (non-hydrogen) atoms. The van der Waals surface area contributed by atoms with Crippen molar-refractivity contribution < 1.29 is 31.9 Å². The normalized spacial score (nSPS) is 11.2. The summed E-state index contributed by atoms with van der Waals surface area (Å²) < 4.78 is 49.0. The van der Waals surface area contributed by atoms with E-state index in [4.69, 9.17) is 20.8 Å². The lowest BCUT2D eigenvalue weighted by Gasteiger charge is -2.12. The van der Waals surface area contributed by atoms with E-state index in [1.165, 1.54) is 0 Å². The van der Waals surface area contributed by atoms with Crippen LogP contribution in [0.15, 0.2) is 57.7 Å². The molecule has 0 unspecified atom stereocenters. The number of esters is 1. The first-order valence-electron chi connectivity index (χ1n) is 8.59. The quantitative estimate of drug-likeness (QED) is 0.572. The Morgan fingerprint density at radius 2 is 1.87 bits per heavy atom. The number of nitrogens with one attached hydrogen (secondary N) is 1. The third-order valence-electron chi connectivity index (χ3n) is 3.83. The molecule has 1 amide bonds. The number of amides is 1. The largest absolute Gasteiger partial charge is 0.454 e. The summed E-state index contributed by atoms with van der Waals surface area (Å²) in [6, 6.07) is 11.3. The van der Waals surface area contributed by atoms with E-state index in [2.05, 4.69) is 10.4 Å². The fraction of sp³-hybridized carbons (Fsp3) is 0.158. The highest BCUT2D eigenvalue weighted by Crippen LogP contribution is 2.36. The van der Waals surface area contributed by atoms with Gasteiger partial charge in [-0.2, -0.15) is 17.9 Å². The van der Waals surface area contributed by atoms with Gasteiger partial charge in [0.05, 0.1) is 10.6 Å². The van der Waals surface area contributed by atoms with Crippen molar-refractivity contribution in [2.24, 2.45) is 0 Å². The molecular formula is C19H13ClF3N3O5. The summed E-state index contributed by atoms with van der Waals surface area (Å²) in [5.74, 6) is -2.76. The van der Waals surface area contributed by atoms with Crippen LogP contribution in [0.5, 0.6) is 0 Å². The van der Waals surface area contributed by atoms with Gasteiger partial charge >= 0.3 is 17.9 Å². The van der Waals surface area contributed by atoms with Gasteiger partial charge in [0.1, 0.15) is 6.54 Å². The molecule has 162 valence electrons. The Morgan fingerprint density at radius 1 is 1.16 bits per heavy atom. The molecule has 0 fully saturated rings. The zero-order chi connectivity index (χ0) is 22.6. The number of carbonyl (C=O) groups is 2. The molecule has 2 aromatic carbocycles. The van der Waals surface area contributed by atoms with E-state index in [-0.39, 0.29) is 11.6 Å². The summed E-state index contributed by atoms with van der Waals surface area (Å²) in [5.41, 5.74) is -0.783.